The first-order chi connectivity index (χ1) is 7.90. The monoisotopic (exact) mass is 250 g/mol. The Hall–Kier alpha value is -1.21. The molecule has 0 spiro atoms. The van der Waals surface area contributed by atoms with Crippen LogP contribution in [-0.4, -0.2) is 48.3 Å². The highest BCUT2D eigenvalue weighted by Crippen LogP contribution is 2.24. The van der Waals surface area contributed by atoms with Gasteiger partial charge in [0.15, 0.2) is 12.5 Å². The van der Waals surface area contributed by atoms with Crippen LogP contribution in [0.2, 0.25) is 0 Å². The molecule has 7 heteroatoms. The molecule has 17 heavy (non-hydrogen) atoms. The zero-order valence-electron chi connectivity index (χ0n) is 9.59. The standard InChI is InChI=1S/C10H15FO6/c1-5(12)15-4-9-8(16-6(2)13)3-7(11)10(14)17-9/h7-10,14H,3-4H2,1-2H3/t7-,8+,9-,10+/m1/s1. The third-order valence-corrected chi connectivity index (χ3v) is 2.26. The van der Waals surface area contributed by atoms with Crippen LogP contribution in [0.3, 0.4) is 0 Å². The van der Waals surface area contributed by atoms with E-state index in [1.807, 2.05) is 0 Å². The highest BCUT2D eigenvalue weighted by molar-refractivity contribution is 5.66. The average Bonchev–Trinajstić information content (AvgIpc) is 2.20. The van der Waals surface area contributed by atoms with Gasteiger partial charge >= 0.3 is 11.9 Å². The summed E-state index contributed by atoms with van der Waals surface area (Å²) in [4.78, 5) is 21.5. The fraction of sp³-hybridized carbons (Fsp3) is 0.800. The largest absolute Gasteiger partial charge is 0.463 e. The van der Waals surface area contributed by atoms with Gasteiger partial charge in [-0.25, -0.2) is 4.39 Å². The predicted octanol–water partition coefficient (Wildman–Crippen LogP) is -0.0734. The van der Waals surface area contributed by atoms with Crippen LogP contribution in [0.5, 0.6) is 0 Å². The molecule has 0 aromatic rings. The molecule has 1 rings (SSSR count). The Balaban J connectivity index is 2.60. The van der Waals surface area contributed by atoms with Crippen LogP contribution in [0.25, 0.3) is 0 Å². The molecule has 0 aromatic carbocycles. The summed E-state index contributed by atoms with van der Waals surface area (Å²) in [6.07, 6.45) is -5.14. The molecule has 98 valence electrons. The van der Waals surface area contributed by atoms with Crippen LogP contribution in [0.15, 0.2) is 0 Å². The zero-order valence-corrected chi connectivity index (χ0v) is 9.59. The van der Waals surface area contributed by atoms with Crippen LogP contribution in [0.1, 0.15) is 20.3 Å². The maximum absolute atomic E-state index is 13.2. The topological polar surface area (TPSA) is 82.1 Å². The lowest BCUT2D eigenvalue weighted by atomic mass is 10.0. The van der Waals surface area contributed by atoms with Crippen LogP contribution in [-0.2, 0) is 23.8 Å². The highest BCUT2D eigenvalue weighted by atomic mass is 19.1. The minimum absolute atomic E-state index is 0.188. The fourth-order valence-corrected chi connectivity index (χ4v) is 1.53. The van der Waals surface area contributed by atoms with Gasteiger partial charge in [-0.05, 0) is 0 Å². The van der Waals surface area contributed by atoms with Crippen molar-refractivity contribution in [2.75, 3.05) is 6.61 Å². The van der Waals surface area contributed by atoms with E-state index in [1.165, 1.54) is 13.8 Å². The molecule has 1 aliphatic rings. The molecule has 1 N–H and O–H groups in total. The van der Waals surface area contributed by atoms with Gasteiger partial charge < -0.3 is 19.3 Å². The second-order valence-electron chi connectivity index (χ2n) is 3.77. The van der Waals surface area contributed by atoms with Crippen molar-refractivity contribution in [1.82, 2.24) is 0 Å². The summed E-state index contributed by atoms with van der Waals surface area (Å²) in [6, 6.07) is 0. The number of carbonyl (C=O) groups excluding carboxylic acids is 2. The van der Waals surface area contributed by atoms with Gasteiger partial charge in [-0.1, -0.05) is 0 Å². The third kappa shape index (κ3) is 4.27. The SMILES string of the molecule is CC(=O)OC[C@H]1O[C@H](O)[C@H](F)C[C@@H]1OC(C)=O. The van der Waals surface area contributed by atoms with Crippen LogP contribution >= 0.6 is 0 Å². The molecule has 1 heterocycles. The number of hydrogen-bond acceptors (Lipinski definition) is 6. The van der Waals surface area contributed by atoms with Crippen molar-refractivity contribution in [3.63, 3.8) is 0 Å². The molecule has 6 nitrogen and oxygen atoms in total. The molecule has 0 radical (unpaired) electrons. The first-order valence-corrected chi connectivity index (χ1v) is 5.18. The van der Waals surface area contributed by atoms with Gasteiger partial charge in [0.2, 0.25) is 0 Å². The van der Waals surface area contributed by atoms with Crippen molar-refractivity contribution in [3.05, 3.63) is 0 Å². The third-order valence-electron chi connectivity index (χ3n) is 2.26. The van der Waals surface area contributed by atoms with E-state index in [0.29, 0.717) is 0 Å². The van der Waals surface area contributed by atoms with E-state index in [0.717, 1.165) is 0 Å². The number of rotatable bonds is 3. The minimum atomic E-state index is -1.63. The smallest absolute Gasteiger partial charge is 0.302 e. The molecule has 0 amide bonds. The van der Waals surface area contributed by atoms with E-state index in [1.54, 1.807) is 0 Å². The number of aliphatic hydroxyl groups is 1. The number of halogens is 1. The molecule has 1 saturated heterocycles. The van der Waals surface area contributed by atoms with Crippen molar-refractivity contribution in [3.8, 4) is 0 Å². The number of carbonyl (C=O) groups is 2. The number of alkyl halides is 1. The minimum Gasteiger partial charge on any atom is -0.463 e. The summed E-state index contributed by atoms with van der Waals surface area (Å²) in [5.41, 5.74) is 0. The van der Waals surface area contributed by atoms with E-state index in [9.17, 15) is 19.1 Å². The van der Waals surface area contributed by atoms with Crippen molar-refractivity contribution >= 4 is 11.9 Å². The molecular weight excluding hydrogens is 235 g/mol. The van der Waals surface area contributed by atoms with Gasteiger partial charge in [-0.2, -0.15) is 0 Å². The van der Waals surface area contributed by atoms with Crippen molar-refractivity contribution in [1.29, 1.82) is 0 Å². The molecule has 0 unspecified atom stereocenters. The van der Waals surface area contributed by atoms with Gasteiger partial charge in [0.1, 0.15) is 18.8 Å². The van der Waals surface area contributed by atoms with E-state index >= 15 is 0 Å². The van der Waals surface area contributed by atoms with Crippen LogP contribution < -0.4 is 0 Å². The second-order valence-corrected chi connectivity index (χ2v) is 3.77. The van der Waals surface area contributed by atoms with Crippen molar-refractivity contribution < 1.29 is 33.3 Å². The van der Waals surface area contributed by atoms with Gasteiger partial charge in [0.25, 0.3) is 0 Å². The summed E-state index contributed by atoms with van der Waals surface area (Å²) < 4.78 is 27.6. The number of ether oxygens (including phenoxy) is 3. The van der Waals surface area contributed by atoms with Crippen molar-refractivity contribution in [2.24, 2.45) is 0 Å². The lowest BCUT2D eigenvalue weighted by Gasteiger charge is -2.35. The quantitative estimate of drug-likeness (QED) is 0.706. The Morgan fingerprint density at radius 3 is 2.59 bits per heavy atom. The lowest BCUT2D eigenvalue weighted by molar-refractivity contribution is -0.244. The fourth-order valence-electron chi connectivity index (χ4n) is 1.53. The summed E-state index contributed by atoms with van der Waals surface area (Å²) >= 11 is 0. The summed E-state index contributed by atoms with van der Waals surface area (Å²) in [7, 11) is 0. The molecule has 1 fully saturated rings. The number of hydrogen-bond donors (Lipinski definition) is 1. The molecule has 0 aliphatic carbocycles. The maximum Gasteiger partial charge on any atom is 0.302 e. The molecule has 1 aliphatic heterocycles. The predicted molar refractivity (Wildman–Crippen MR) is 52.6 cm³/mol. The van der Waals surface area contributed by atoms with Crippen molar-refractivity contribution in [2.45, 2.75) is 44.9 Å². The summed E-state index contributed by atoms with van der Waals surface area (Å²) in [5.74, 6) is -1.12. The van der Waals surface area contributed by atoms with E-state index in [2.05, 4.69) is 4.74 Å². The zero-order chi connectivity index (χ0) is 13.0. The van der Waals surface area contributed by atoms with Crippen LogP contribution in [0, 0.1) is 0 Å². The first kappa shape index (κ1) is 13.9. The Morgan fingerprint density at radius 2 is 2.06 bits per heavy atom. The molecule has 0 aromatic heterocycles. The lowest BCUT2D eigenvalue weighted by Crippen LogP contribution is -2.49. The molecular formula is C10H15FO6. The van der Waals surface area contributed by atoms with E-state index in [-0.39, 0.29) is 13.0 Å². The first-order valence-electron chi connectivity index (χ1n) is 5.18. The normalized spacial score (nSPS) is 32.9. The van der Waals surface area contributed by atoms with Gasteiger partial charge in [0.05, 0.1) is 0 Å². The number of aliphatic hydroxyl groups excluding tert-OH is 1. The Morgan fingerprint density at radius 1 is 1.41 bits per heavy atom. The Kier molecular flexibility index (Phi) is 4.83. The second kappa shape index (κ2) is 5.92. The van der Waals surface area contributed by atoms with Gasteiger partial charge in [-0.15, -0.1) is 0 Å². The van der Waals surface area contributed by atoms with Gasteiger partial charge in [-0.3, -0.25) is 9.59 Å². The van der Waals surface area contributed by atoms with E-state index in [4.69, 9.17) is 9.47 Å². The summed E-state index contributed by atoms with van der Waals surface area (Å²) in [5, 5.41) is 9.19. The maximum atomic E-state index is 13.2. The highest BCUT2D eigenvalue weighted by Gasteiger charge is 2.39. The molecule has 4 atom stereocenters. The molecule has 0 saturated carbocycles. The average molecular weight is 250 g/mol. The molecule has 0 bridgehead atoms. The Bertz CT molecular complexity index is 295. The van der Waals surface area contributed by atoms with Crippen LogP contribution in [0.4, 0.5) is 4.39 Å². The van der Waals surface area contributed by atoms with E-state index < -0.39 is 36.6 Å². The van der Waals surface area contributed by atoms with Gasteiger partial charge in [0, 0.05) is 20.3 Å². The Labute approximate surface area is 97.6 Å². The number of esters is 2. The summed E-state index contributed by atoms with van der Waals surface area (Å²) in [6.45, 7) is 2.19.